The molecular weight excluding hydrogens is 230 g/mol. The first-order chi connectivity index (χ1) is 7.79. The summed E-state index contributed by atoms with van der Waals surface area (Å²) in [5.74, 6) is -1.21. The van der Waals surface area contributed by atoms with Gasteiger partial charge in [-0.05, 0) is 39.2 Å². The van der Waals surface area contributed by atoms with Crippen molar-refractivity contribution in [1.82, 2.24) is 5.32 Å². The normalized spacial score (nSPS) is 13.7. The number of hydrogen-bond donors (Lipinski definition) is 2. The second-order valence-electron chi connectivity index (χ2n) is 6.74. The molecule has 0 saturated carbocycles. The zero-order valence-corrected chi connectivity index (χ0v) is 12.4. The fourth-order valence-electron chi connectivity index (χ4n) is 1.10. The zero-order valence-electron chi connectivity index (χ0n) is 12.4. The van der Waals surface area contributed by atoms with Gasteiger partial charge in [0.15, 0.2) is 0 Å². The highest BCUT2D eigenvalue weighted by atomic mass is 16.4. The summed E-state index contributed by atoms with van der Waals surface area (Å²) in [4.78, 5) is 23.0. The third-order valence-electron chi connectivity index (χ3n) is 3.27. The van der Waals surface area contributed by atoms with Crippen LogP contribution >= 0.6 is 0 Å². The van der Waals surface area contributed by atoms with Gasteiger partial charge in [-0.15, -0.1) is 0 Å². The first-order valence-corrected chi connectivity index (χ1v) is 6.04. The van der Waals surface area contributed by atoms with E-state index in [1.54, 1.807) is 33.8 Å². The van der Waals surface area contributed by atoms with Gasteiger partial charge in [0.05, 0.1) is 11.0 Å². The molecule has 0 spiro atoms. The molecule has 0 atom stereocenters. The molecule has 0 rings (SSSR count). The van der Waals surface area contributed by atoms with E-state index in [0.29, 0.717) is 0 Å². The zero-order chi connectivity index (χ0) is 14.8. The summed E-state index contributed by atoms with van der Waals surface area (Å²) >= 11 is 0. The fraction of sp³-hybridized carbons (Fsp3) is 0.714. The van der Waals surface area contributed by atoms with Crippen LogP contribution in [0.15, 0.2) is 12.2 Å². The highest BCUT2D eigenvalue weighted by Gasteiger charge is 2.44. The lowest BCUT2D eigenvalue weighted by Crippen LogP contribution is -2.56. The van der Waals surface area contributed by atoms with Crippen LogP contribution in [0.4, 0.5) is 0 Å². The summed E-state index contributed by atoms with van der Waals surface area (Å²) in [7, 11) is 0. The Balaban J connectivity index is 4.85. The maximum atomic E-state index is 11.8. The van der Waals surface area contributed by atoms with E-state index in [1.165, 1.54) is 6.08 Å². The van der Waals surface area contributed by atoms with E-state index in [0.717, 1.165) is 0 Å². The Morgan fingerprint density at radius 3 is 1.78 bits per heavy atom. The van der Waals surface area contributed by atoms with Gasteiger partial charge < -0.3 is 10.4 Å². The summed E-state index contributed by atoms with van der Waals surface area (Å²) in [6, 6.07) is 0. The predicted molar refractivity (Wildman–Crippen MR) is 72.2 cm³/mol. The highest BCUT2D eigenvalue weighted by molar-refractivity contribution is 5.89. The van der Waals surface area contributed by atoms with Gasteiger partial charge in [-0.25, -0.2) is 0 Å². The molecule has 2 N–H and O–H groups in total. The molecule has 0 fully saturated rings. The van der Waals surface area contributed by atoms with Crippen LogP contribution in [-0.4, -0.2) is 22.5 Å². The van der Waals surface area contributed by atoms with Gasteiger partial charge in [-0.3, -0.25) is 9.59 Å². The second-order valence-corrected chi connectivity index (χ2v) is 6.74. The monoisotopic (exact) mass is 255 g/mol. The van der Waals surface area contributed by atoms with E-state index >= 15 is 0 Å². The van der Waals surface area contributed by atoms with Crippen LogP contribution in [0.3, 0.4) is 0 Å². The van der Waals surface area contributed by atoms with Crippen molar-refractivity contribution in [2.45, 2.75) is 54.0 Å². The number of carbonyl (C=O) groups is 2. The molecule has 18 heavy (non-hydrogen) atoms. The van der Waals surface area contributed by atoms with E-state index in [1.807, 2.05) is 20.8 Å². The second kappa shape index (κ2) is 5.12. The first kappa shape index (κ1) is 16.7. The van der Waals surface area contributed by atoms with Gasteiger partial charge in [0.1, 0.15) is 0 Å². The number of carboxylic acid groups (broad SMARTS) is 1. The Morgan fingerprint density at radius 2 is 1.44 bits per heavy atom. The van der Waals surface area contributed by atoms with Crippen molar-refractivity contribution in [2.75, 3.05) is 0 Å². The molecule has 0 bridgehead atoms. The van der Waals surface area contributed by atoms with Gasteiger partial charge in [0.25, 0.3) is 0 Å². The molecule has 0 aromatic heterocycles. The van der Waals surface area contributed by atoms with Crippen molar-refractivity contribution in [3.63, 3.8) is 0 Å². The Bertz CT molecular complexity index is 360. The lowest BCUT2D eigenvalue weighted by atomic mass is 9.74. The van der Waals surface area contributed by atoms with Crippen LogP contribution in [0.2, 0.25) is 0 Å². The van der Waals surface area contributed by atoms with Crippen LogP contribution < -0.4 is 5.32 Å². The molecule has 0 aliphatic carbocycles. The Hall–Kier alpha value is -1.32. The lowest BCUT2D eigenvalue weighted by Gasteiger charge is -2.38. The van der Waals surface area contributed by atoms with E-state index in [-0.39, 0.29) is 11.3 Å². The van der Waals surface area contributed by atoms with Gasteiger partial charge in [-0.1, -0.05) is 26.8 Å². The smallest absolute Gasteiger partial charge is 0.311 e. The SMILES string of the molecule is CC(C)(C)C=CC(=O)NC(C)(C)C(C)(C)C(=O)O. The quantitative estimate of drug-likeness (QED) is 0.759. The molecule has 4 heteroatoms. The maximum Gasteiger partial charge on any atom is 0.311 e. The number of allylic oxidation sites excluding steroid dienone is 1. The number of carbonyl (C=O) groups excluding carboxylic acids is 1. The fourth-order valence-corrected chi connectivity index (χ4v) is 1.10. The molecule has 0 aliphatic heterocycles. The van der Waals surface area contributed by atoms with Crippen molar-refractivity contribution in [3.8, 4) is 0 Å². The van der Waals surface area contributed by atoms with Gasteiger partial charge >= 0.3 is 5.97 Å². The highest BCUT2D eigenvalue weighted by Crippen LogP contribution is 2.30. The van der Waals surface area contributed by atoms with E-state index in [2.05, 4.69) is 5.32 Å². The molecule has 0 aliphatic rings. The summed E-state index contributed by atoms with van der Waals surface area (Å²) in [5, 5.41) is 11.9. The summed E-state index contributed by atoms with van der Waals surface area (Å²) in [5.41, 5.74) is -1.96. The predicted octanol–water partition coefficient (Wildman–Crippen LogP) is 2.59. The Morgan fingerprint density at radius 1 is 1.00 bits per heavy atom. The number of aliphatic carboxylic acids is 1. The van der Waals surface area contributed by atoms with Gasteiger partial charge in [0.2, 0.25) is 5.91 Å². The van der Waals surface area contributed by atoms with E-state index < -0.39 is 16.9 Å². The molecule has 0 saturated heterocycles. The number of hydrogen-bond acceptors (Lipinski definition) is 2. The minimum atomic E-state index is -1.04. The standard InChI is InChI=1S/C14H25NO3/c1-12(2,3)9-8-10(16)15-14(6,7)13(4,5)11(17)18/h8-9H,1-7H3,(H,15,16)(H,17,18). The molecule has 0 radical (unpaired) electrons. The molecule has 104 valence electrons. The molecule has 4 nitrogen and oxygen atoms in total. The van der Waals surface area contributed by atoms with Gasteiger partial charge in [0, 0.05) is 0 Å². The molecule has 1 amide bonds. The van der Waals surface area contributed by atoms with Gasteiger partial charge in [-0.2, -0.15) is 0 Å². The van der Waals surface area contributed by atoms with Crippen molar-refractivity contribution >= 4 is 11.9 Å². The number of amides is 1. The van der Waals surface area contributed by atoms with Crippen molar-refractivity contribution in [1.29, 1.82) is 0 Å². The largest absolute Gasteiger partial charge is 0.481 e. The third kappa shape index (κ3) is 4.51. The lowest BCUT2D eigenvalue weighted by molar-refractivity contribution is -0.151. The first-order valence-electron chi connectivity index (χ1n) is 6.04. The van der Waals surface area contributed by atoms with Crippen LogP contribution in [0, 0.1) is 10.8 Å². The van der Waals surface area contributed by atoms with Crippen LogP contribution in [0.25, 0.3) is 0 Å². The van der Waals surface area contributed by atoms with Crippen LogP contribution in [0.5, 0.6) is 0 Å². The Labute approximate surface area is 109 Å². The minimum Gasteiger partial charge on any atom is -0.481 e. The van der Waals surface area contributed by atoms with Crippen molar-refractivity contribution < 1.29 is 14.7 Å². The van der Waals surface area contributed by atoms with Crippen LogP contribution in [0.1, 0.15) is 48.5 Å². The van der Waals surface area contributed by atoms with E-state index in [4.69, 9.17) is 0 Å². The average molecular weight is 255 g/mol. The number of nitrogens with one attached hydrogen (secondary N) is 1. The number of rotatable bonds is 4. The Kier molecular flexibility index (Phi) is 4.75. The summed E-state index contributed by atoms with van der Waals surface area (Å²) in [6.45, 7) is 12.6. The molecule has 0 heterocycles. The topological polar surface area (TPSA) is 66.4 Å². The minimum absolute atomic E-state index is 0.0796. The van der Waals surface area contributed by atoms with Crippen molar-refractivity contribution in [3.05, 3.63) is 12.2 Å². The van der Waals surface area contributed by atoms with Crippen molar-refractivity contribution in [2.24, 2.45) is 10.8 Å². The molecule has 0 aromatic rings. The average Bonchev–Trinajstić information content (AvgIpc) is 2.12. The molecule has 0 aromatic carbocycles. The van der Waals surface area contributed by atoms with E-state index in [9.17, 15) is 14.7 Å². The number of carboxylic acids is 1. The van der Waals surface area contributed by atoms with Crippen LogP contribution in [-0.2, 0) is 9.59 Å². The molecular formula is C14H25NO3. The summed E-state index contributed by atoms with van der Waals surface area (Å²) < 4.78 is 0. The summed E-state index contributed by atoms with van der Waals surface area (Å²) in [6.07, 6.45) is 3.26. The maximum absolute atomic E-state index is 11.8. The third-order valence-corrected chi connectivity index (χ3v) is 3.27. The molecule has 0 unspecified atom stereocenters.